The quantitative estimate of drug-likeness (QED) is 0.490. The lowest BCUT2D eigenvalue weighted by molar-refractivity contribution is -0.132. The first kappa shape index (κ1) is 21.2. The van der Waals surface area contributed by atoms with Crippen LogP contribution in [0.15, 0.2) is 54.1 Å². The fourth-order valence-corrected chi connectivity index (χ4v) is 2.78. The lowest BCUT2D eigenvalue weighted by atomic mass is 10.0. The van der Waals surface area contributed by atoms with Gasteiger partial charge in [-0.15, -0.1) is 0 Å². The van der Waals surface area contributed by atoms with Gasteiger partial charge in [0.1, 0.15) is 0 Å². The molecule has 28 heavy (non-hydrogen) atoms. The van der Waals surface area contributed by atoms with Crippen LogP contribution in [-0.2, 0) is 4.79 Å². The highest BCUT2D eigenvalue weighted by Gasteiger charge is 2.11. The van der Waals surface area contributed by atoms with Crippen molar-refractivity contribution in [1.82, 2.24) is 5.32 Å². The van der Waals surface area contributed by atoms with Gasteiger partial charge in [-0.1, -0.05) is 56.2 Å². The van der Waals surface area contributed by atoms with E-state index < -0.39 is 5.97 Å². The molecule has 148 valence electrons. The van der Waals surface area contributed by atoms with Crippen LogP contribution in [0.2, 0.25) is 0 Å². The third-order valence-corrected chi connectivity index (χ3v) is 4.56. The van der Waals surface area contributed by atoms with Gasteiger partial charge in [0.25, 0.3) is 0 Å². The Labute approximate surface area is 166 Å². The molecule has 0 aliphatic rings. The predicted octanol–water partition coefficient (Wildman–Crippen LogP) is 5.18. The number of carboxylic acid groups (broad SMARTS) is 1. The van der Waals surface area contributed by atoms with E-state index in [1.165, 1.54) is 0 Å². The van der Waals surface area contributed by atoms with Crippen molar-refractivity contribution in [3.8, 4) is 11.1 Å². The second-order valence-electron chi connectivity index (χ2n) is 6.80. The molecule has 0 bridgehead atoms. The molecular formula is C23H28N2O3. The second-order valence-corrected chi connectivity index (χ2v) is 6.80. The number of hydrogen-bond donors (Lipinski definition) is 2. The van der Waals surface area contributed by atoms with Gasteiger partial charge >= 0.3 is 12.0 Å². The fraction of sp³-hybridized carbons (Fsp3) is 0.304. The highest BCUT2D eigenvalue weighted by atomic mass is 16.4. The molecule has 0 saturated carbocycles. The number of aliphatic carboxylic acids is 1. The molecule has 2 amide bonds. The number of amides is 2. The minimum absolute atomic E-state index is 0.113. The van der Waals surface area contributed by atoms with Crippen LogP contribution in [0.3, 0.4) is 0 Å². The van der Waals surface area contributed by atoms with Crippen molar-refractivity contribution in [2.75, 3.05) is 18.5 Å². The molecule has 2 rings (SSSR count). The molecule has 2 aromatic carbocycles. The van der Waals surface area contributed by atoms with Crippen molar-refractivity contribution in [1.29, 1.82) is 0 Å². The molecule has 0 heterocycles. The molecule has 2 aromatic rings. The standard InChI is InChI=1S/C23H28N2O3/c1-4-5-6-14-24-23(28)25(3)21-9-7-8-20(16-21)19-12-10-18(11-13-19)15-17(2)22(26)27/h7-13,15-16H,4-6,14H2,1-3H3,(H,24,28)(H,26,27)/b17-15+. The van der Waals surface area contributed by atoms with Crippen LogP contribution in [0.1, 0.15) is 38.7 Å². The molecule has 0 aromatic heterocycles. The van der Waals surface area contributed by atoms with Crippen LogP contribution >= 0.6 is 0 Å². The molecule has 5 heteroatoms. The van der Waals surface area contributed by atoms with E-state index in [9.17, 15) is 9.59 Å². The summed E-state index contributed by atoms with van der Waals surface area (Å²) in [6.45, 7) is 4.39. The number of nitrogens with zero attached hydrogens (tertiary/aromatic N) is 1. The van der Waals surface area contributed by atoms with Gasteiger partial charge < -0.3 is 10.4 Å². The molecular weight excluding hydrogens is 352 g/mol. The Hall–Kier alpha value is -3.08. The number of rotatable bonds is 8. The summed E-state index contributed by atoms with van der Waals surface area (Å²) in [5.41, 5.74) is 3.94. The van der Waals surface area contributed by atoms with Crippen molar-refractivity contribution in [3.63, 3.8) is 0 Å². The van der Waals surface area contributed by atoms with Gasteiger partial charge in [-0.3, -0.25) is 4.90 Å². The zero-order chi connectivity index (χ0) is 20.5. The fourth-order valence-electron chi connectivity index (χ4n) is 2.78. The van der Waals surface area contributed by atoms with Crippen LogP contribution in [0.4, 0.5) is 10.5 Å². The number of unbranched alkanes of at least 4 members (excludes halogenated alkanes) is 2. The van der Waals surface area contributed by atoms with Gasteiger partial charge in [0.05, 0.1) is 0 Å². The molecule has 5 nitrogen and oxygen atoms in total. The van der Waals surface area contributed by atoms with E-state index in [1.807, 2.05) is 48.5 Å². The molecule has 0 atom stereocenters. The number of benzene rings is 2. The third kappa shape index (κ3) is 5.98. The number of nitrogens with one attached hydrogen (secondary N) is 1. The Bertz CT molecular complexity index is 841. The Balaban J connectivity index is 2.11. The molecule has 0 radical (unpaired) electrons. The van der Waals surface area contributed by atoms with Crippen molar-refractivity contribution < 1.29 is 14.7 Å². The average molecular weight is 380 g/mol. The maximum atomic E-state index is 12.3. The number of carbonyl (C=O) groups is 2. The van der Waals surface area contributed by atoms with E-state index in [4.69, 9.17) is 5.11 Å². The first-order valence-electron chi connectivity index (χ1n) is 9.56. The molecule has 0 saturated heterocycles. The Morgan fingerprint density at radius 2 is 1.79 bits per heavy atom. The largest absolute Gasteiger partial charge is 0.478 e. The van der Waals surface area contributed by atoms with Crippen molar-refractivity contribution in [2.24, 2.45) is 0 Å². The van der Waals surface area contributed by atoms with Gasteiger partial charge in [-0.25, -0.2) is 9.59 Å². The molecule has 2 N–H and O–H groups in total. The zero-order valence-corrected chi connectivity index (χ0v) is 16.7. The topological polar surface area (TPSA) is 69.6 Å². The van der Waals surface area contributed by atoms with Crippen LogP contribution in [0.5, 0.6) is 0 Å². The monoisotopic (exact) mass is 380 g/mol. The number of anilines is 1. The Morgan fingerprint density at radius 3 is 2.43 bits per heavy atom. The van der Waals surface area contributed by atoms with E-state index in [0.717, 1.165) is 41.6 Å². The summed E-state index contributed by atoms with van der Waals surface area (Å²) in [4.78, 5) is 24.9. The number of carboxylic acids is 1. The number of urea groups is 1. The Morgan fingerprint density at radius 1 is 1.07 bits per heavy atom. The third-order valence-electron chi connectivity index (χ3n) is 4.56. The van der Waals surface area contributed by atoms with Crippen molar-refractivity contribution in [3.05, 3.63) is 59.7 Å². The lowest BCUT2D eigenvalue weighted by Gasteiger charge is -2.19. The summed E-state index contributed by atoms with van der Waals surface area (Å²) >= 11 is 0. The first-order valence-corrected chi connectivity index (χ1v) is 9.56. The molecule has 0 fully saturated rings. The SMILES string of the molecule is CCCCCNC(=O)N(C)c1cccc(-c2ccc(/C=C(\C)C(=O)O)cc2)c1. The average Bonchev–Trinajstić information content (AvgIpc) is 2.71. The summed E-state index contributed by atoms with van der Waals surface area (Å²) in [6.07, 6.45) is 4.85. The summed E-state index contributed by atoms with van der Waals surface area (Å²) in [7, 11) is 1.76. The van der Waals surface area contributed by atoms with E-state index >= 15 is 0 Å². The van der Waals surface area contributed by atoms with E-state index in [0.29, 0.717) is 12.1 Å². The van der Waals surface area contributed by atoms with Gasteiger partial charge in [0, 0.05) is 24.9 Å². The van der Waals surface area contributed by atoms with E-state index in [-0.39, 0.29) is 6.03 Å². The van der Waals surface area contributed by atoms with Crippen LogP contribution < -0.4 is 10.2 Å². The molecule has 0 spiro atoms. The highest BCUT2D eigenvalue weighted by Crippen LogP contribution is 2.25. The van der Waals surface area contributed by atoms with E-state index in [2.05, 4.69) is 12.2 Å². The van der Waals surface area contributed by atoms with Crippen molar-refractivity contribution in [2.45, 2.75) is 33.1 Å². The zero-order valence-electron chi connectivity index (χ0n) is 16.7. The molecule has 0 aliphatic heterocycles. The summed E-state index contributed by atoms with van der Waals surface area (Å²) < 4.78 is 0. The van der Waals surface area contributed by atoms with Crippen LogP contribution in [0.25, 0.3) is 17.2 Å². The maximum Gasteiger partial charge on any atom is 0.331 e. The smallest absolute Gasteiger partial charge is 0.331 e. The summed E-state index contributed by atoms with van der Waals surface area (Å²) in [5, 5.41) is 11.9. The van der Waals surface area contributed by atoms with Gasteiger partial charge in [0.15, 0.2) is 0 Å². The Kier molecular flexibility index (Phi) is 7.81. The molecule has 0 unspecified atom stereocenters. The van der Waals surface area contributed by atoms with Crippen LogP contribution in [-0.4, -0.2) is 30.7 Å². The minimum atomic E-state index is -0.923. The van der Waals surface area contributed by atoms with Gasteiger partial charge in [-0.2, -0.15) is 0 Å². The first-order chi connectivity index (χ1) is 13.4. The van der Waals surface area contributed by atoms with Gasteiger partial charge in [-0.05, 0) is 48.2 Å². The molecule has 0 aliphatic carbocycles. The number of carbonyl (C=O) groups excluding carboxylic acids is 1. The van der Waals surface area contributed by atoms with Crippen LogP contribution in [0, 0.1) is 0 Å². The highest BCUT2D eigenvalue weighted by molar-refractivity contribution is 5.92. The number of hydrogen-bond acceptors (Lipinski definition) is 2. The summed E-state index contributed by atoms with van der Waals surface area (Å²) in [6, 6.07) is 15.4. The summed E-state index contributed by atoms with van der Waals surface area (Å²) in [5.74, 6) is -0.923. The lowest BCUT2D eigenvalue weighted by Crippen LogP contribution is -2.37. The second kappa shape index (κ2) is 10.3. The van der Waals surface area contributed by atoms with Gasteiger partial charge in [0.2, 0.25) is 0 Å². The van der Waals surface area contributed by atoms with E-state index in [1.54, 1.807) is 24.9 Å². The normalized spacial score (nSPS) is 11.2. The minimum Gasteiger partial charge on any atom is -0.478 e. The predicted molar refractivity (Wildman–Crippen MR) is 114 cm³/mol. The maximum absolute atomic E-state index is 12.3. The van der Waals surface area contributed by atoms with Crippen molar-refractivity contribution >= 4 is 23.8 Å².